The van der Waals surface area contributed by atoms with E-state index in [4.69, 9.17) is 0 Å². The summed E-state index contributed by atoms with van der Waals surface area (Å²) in [5.74, 6) is -0.920. The fourth-order valence-electron chi connectivity index (χ4n) is 2.53. The van der Waals surface area contributed by atoms with Gasteiger partial charge in [-0.05, 0) is 23.8 Å². The zero-order valence-corrected chi connectivity index (χ0v) is 12.9. The van der Waals surface area contributed by atoms with E-state index >= 15 is 0 Å². The minimum absolute atomic E-state index is 0.0807. The van der Waals surface area contributed by atoms with Gasteiger partial charge in [-0.15, -0.1) is 0 Å². The summed E-state index contributed by atoms with van der Waals surface area (Å²) in [6.45, 7) is -0.0953. The van der Waals surface area contributed by atoms with Crippen molar-refractivity contribution in [2.24, 2.45) is 0 Å². The molecule has 0 bridgehead atoms. The Hall–Kier alpha value is -3.26. The van der Waals surface area contributed by atoms with Crippen molar-refractivity contribution in [3.8, 4) is 0 Å². The summed E-state index contributed by atoms with van der Waals surface area (Å²) in [5, 5.41) is 23.9. The van der Waals surface area contributed by atoms with Crippen molar-refractivity contribution in [3.63, 3.8) is 0 Å². The number of carbonyl (C=O) groups excluding carboxylic acids is 1. The van der Waals surface area contributed by atoms with Crippen molar-refractivity contribution in [1.29, 1.82) is 0 Å². The van der Waals surface area contributed by atoms with Crippen molar-refractivity contribution in [2.75, 3.05) is 6.54 Å². The number of nitro benzene ring substituents is 1. The first-order valence-corrected chi connectivity index (χ1v) is 7.43. The van der Waals surface area contributed by atoms with E-state index in [9.17, 15) is 24.4 Å². The van der Waals surface area contributed by atoms with Gasteiger partial charge in [-0.2, -0.15) is 0 Å². The summed E-state index contributed by atoms with van der Waals surface area (Å²) in [5.41, 5.74) is 1.04. The number of benzene rings is 2. The van der Waals surface area contributed by atoms with Crippen LogP contribution in [0.15, 0.2) is 48.7 Å². The van der Waals surface area contributed by atoms with E-state index in [0.717, 1.165) is 0 Å². The van der Waals surface area contributed by atoms with E-state index in [-0.39, 0.29) is 12.2 Å². The molecule has 0 saturated carbocycles. The second-order valence-corrected chi connectivity index (χ2v) is 5.47. The molecule has 0 aliphatic heterocycles. The third-order valence-corrected chi connectivity index (χ3v) is 3.81. The van der Waals surface area contributed by atoms with E-state index < -0.39 is 22.8 Å². The van der Waals surface area contributed by atoms with Crippen molar-refractivity contribution >= 4 is 22.5 Å². The van der Waals surface area contributed by atoms with Gasteiger partial charge in [0, 0.05) is 30.3 Å². The zero-order chi connectivity index (χ0) is 18.0. The molecular weight excluding hydrogens is 329 g/mol. The molecule has 3 aromatic rings. The second kappa shape index (κ2) is 6.70. The predicted molar refractivity (Wildman–Crippen MR) is 88.6 cm³/mol. The van der Waals surface area contributed by atoms with Gasteiger partial charge in [0.2, 0.25) is 0 Å². The molecule has 25 heavy (non-hydrogen) atoms. The molecule has 0 aliphatic carbocycles. The number of non-ortho nitro benzene ring substituents is 1. The number of nitrogens with one attached hydrogen (secondary N) is 2. The van der Waals surface area contributed by atoms with Crippen molar-refractivity contribution < 1.29 is 19.2 Å². The highest BCUT2D eigenvalue weighted by Gasteiger charge is 2.16. The predicted octanol–water partition coefficient (Wildman–Crippen LogP) is 2.68. The average Bonchev–Trinajstić information content (AvgIpc) is 3.02. The minimum Gasteiger partial charge on any atom is -0.387 e. The van der Waals surface area contributed by atoms with E-state index in [1.165, 1.54) is 42.6 Å². The van der Waals surface area contributed by atoms with Gasteiger partial charge in [-0.1, -0.05) is 12.1 Å². The average molecular weight is 343 g/mol. The third-order valence-electron chi connectivity index (χ3n) is 3.81. The molecule has 1 atom stereocenters. The zero-order valence-electron chi connectivity index (χ0n) is 12.9. The van der Waals surface area contributed by atoms with Crippen molar-refractivity contribution in [2.45, 2.75) is 6.10 Å². The first-order chi connectivity index (χ1) is 12.0. The summed E-state index contributed by atoms with van der Waals surface area (Å²) in [4.78, 5) is 25.4. The molecule has 3 rings (SSSR count). The molecule has 0 saturated heterocycles. The summed E-state index contributed by atoms with van der Waals surface area (Å²) < 4.78 is 13.2. The lowest BCUT2D eigenvalue weighted by Crippen LogP contribution is -2.28. The van der Waals surface area contributed by atoms with Gasteiger partial charge in [0.15, 0.2) is 0 Å². The van der Waals surface area contributed by atoms with E-state index in [2.05, 4.69) is 10.3 Å². The molecule has 0 fully saturated rings. The van der Waals surface area contributed by atoms with Crippen LogP contribution in [0.25, 0.3) is 10.9 Å². The van der Waals surface area contributed by atoms with Crippen molar-refractivity contribution in [3.05, 3.63) is 75.7 Å². The fraction of sp³-hybridized carbons (Fsp3) is 0.118. The molecule has 1 unspecified atom stereocenters. The quantitative estimate of drug-likeness (QED) is 0.489. The Morgan fingerprint density at radius 2 is 2.12 bits per heavy atom. The maximum absolute atomic E-state index is 13.2. The highest BCUT2D eigenvalue weighted by molar-refractivity contribution is 6.07. The van der Waals surface area contributed by atoms with Gasteiger partial charge >= 0.3 is 0 Å². The fourth-order valence-corrected chi connectivity index (χ4v) is 2.53. The maximum Gasteiger partial charge on any atom is 0.271 e. The lowest BCUT2D eigenvalue weighted by Gasteiger charge is -2.12. The van der Waals surface area contributed by atoms with Crippen LogP contribution in [0.3, 0.4) is 0 Å². The molecule has 2 aromatic carbocycles. The molecule has 1 aromatic heterocycles. The Morgan fingerprint density at radius 3 is 2.84 bits per heavy atom. The highest BCUT2D eigenvalue weighted by Crippen LogP contribution is 2.23. The number of carbonyl (C=O) groups is 1. The number of H-pyrrole nitrogens is 1. The molecule has 3 N–H and O–H groups in total. The number of amides is 1. The van der Waals surface area contributed by atoms with E-state index in [1.807, 2.05) is 0 Å². The van der Waals surface area contributed by atoms with Crippen LogP contribution in [-0.4, -0.2) is 27.5 Å². The molecule has 8 heteroatoms. The Labute approximate surface area is 141 Å². The molecular formula is C17H14FN3O4. The number of halogens is 1. The lowest BCUT2D eigenvalue weighted by molar-refractivity contribution is -0.384. The molecule has 0 spiro atoms. The number of aliphatic hydroxyl groups excluding tert-OH is 1. The number of nitrogens with zero attached hydrogens (tertiary/aromatic N) is 1. The number of fused-ring (bicyclic) bond motifs is 1. The number of aromatic amines is 1. The third kappa shape index (κ3) is 3.48. The molecule has 1 amide bonds. The van der Waals surface area contributed by atoms with Crippen LogP contribution in [0.2, 0.25) is 0 Å². The maximum atomic E-state index is 13.2. The Kier molecular flexibility index (Phi) is 4.44. The van der Waals surface area contributed by atoms with Crippen LogP contribution in [0, 0.1) is 15.9 Å². The number of aromatic nitrogens is 1. The first kappa shape index (κ1) is 16.6. The Balaban J connectivity index is 1.73. The van der Waals surface area contributed by atoms with Crippen molar-refractivity contribution in [1.82, 2.24) is 10.3 Å². The number of hydrogen-bond acceptors (Lipinski definition) is 4. The standard InChI is InChI=1S/C17H14FN3O4/c18-11-3-1-2-10(6-11)16(22)9-20-17(23)14-8-19-15-7-12(21(24)25)4-5-13(14)15/h1-8,16,19,22H,9H2,(H,20,23). The van der Waals surface area contributed by atoms with Gasteiger partial charge in [-0.25, -0.2) is 4.39 Å². The van der Waals surface area contributed by atoms with Gasteiger partial charge in [0.1, 0.15) is 5.82 Å². The topological polar surface area (TPSA) is 108 Å². The number of aliphatic hydroxyl groups is 1. The van der Waals surface area contributed by atoms with Crippen LogP contribution in [-0.2, 0) is 0 Å². The summed E-state index contributed by atoms with van der Waals surface area (Å²) in [6, 6.07) is 9.64. The minimum atomic E-state index is -1.05. The molecule has 0 aliphatic rings. The van der Waals surface area contributed by atoms with Gasteiger partial charge in [0.05, 0.1) is 22.1 Å². The van der Waals surface area contributed by atoms with Crippen LogP contribution in [0.1, 0.15) is 22.0 Å². The molecule has 128 valence electrons. The smallest absolute Gasteiger partial charge is 0.271 e. The van der Waals surface area contributed by atoms with Gasteiger partial charge in [0.25, 0.3) is 11.6 Å². The van der Waals surface area contributed by atoms with Crippen LogP contribution in [0.5, 0.6) is 0 Å². The second-order valence-electron chi connectivity index (χ2n) is 5.47. The Bertz CT molecular complexity index is 954. The molecule has 0 radical (unpaired) electrons. The van der Waals surface area contributed by atoms with E-state index in [1.54, 1.807) is 6.07 Å². The summed E-state index contributed by atoms with van der Waals surface area (Å²) in [6.07, 6.45) is 0.393. The molecule has 1 heterocycles. The van der Waals surface area contributed by atoms with Crippen LogP contribution in [0.4, 0.5) is 10.1 Å². The molecule has 7 nitrogen and oxygen atoms in total. The normalized spacial score (nSPS) is 12.1. The summed E-state index contributed by atoms with van der Waals surface area (Å²) >= 11 is 0. The monoisotopic (exact) mass is 343 g/mol. The van der Waals surface area contributed by atoms with Gasteiger partial charge in [-0.3, -0.25) is 14.9 Å². The highest BCUT2D eigenvalue weighted by atomic mass is 19.1. The Morgan fingerprint density at radius 1 is 1.32 bits per heavy atom. The number of rotatable bonds is 5. The lowest BCUT2D eigenvalue weighted by atomic mass is 10.1. The van der Waals surface area contributed by atoms with Gasteiger partial charge < -0.3 is 15.4 Å². The van der Waals surface area contributed by atoms with Crippen LogP contribution < -0.4 is 5.32 Å². The largest absolute Gasteiger partial charge is 0.387 e. The summed E-state index contributed by atoms with van der Waals surface area (Å²) in [7, 11) is 0. The first-order valence-electron chi connectivity index (χ1n) is 7.43. The number of hydrogen-bond donors (Lipinski definition) is 3. The number of nitro groups is 1. The van der Waals surface area contributed by atoms with E-state index in [0.29, 0.717) is 22.0 Å². The van der Waals surface area contributed by atoms with Crippen LogP contribution >= 0.6 is 0 Å². The SMILES string of the molecule is O=C(NCC(O)c1cccc(F)c1)c1c[nH]c2cc([N+](=O)[O-])ccc12.